The lowest BCUT2D eigenvalue weighted by molar-refractivity contribution is -0.144. The van der Waals surface area contributed by atoms with E-state index in [0.29, 0.717) is 25.8 Å². The first-order valence-electron chi connectivity index (χ1n) is 17.6. The number of nitrogens with zero attached hydrogens (tertiary/aromatic N) is 1. The second-order valence-corrected chi connectivity index (χ2v) is 12.8. The molecule has 0 aromatic heterocycles. The average molecular weight is 643 g/mol. The first kappa shape index (κ1) is 38.8. The van der Waals surface area contributed by atoms with Crippen LogP contribution in [-0.4, -0.2) is 70.3 Å². The molecule has 1 fully saturated rings. The number of amides is 4. The van der Waals surface area contributed by atoms with E-state index >= 15 is 0 Å². The third-order valence-corrected chi connectivity index (χ3v) is 8.74. The molecule has 1 aliphatic rings. The van der Waals surface area contributed by atoms with E-state index in [1.807, 2.05) is 6.07 Å². The van der Waals surface area contributed by atoms with Gasteiger partial charge < -0.3 is 26.0 Å². The SMILES string of the molecule is CCCCCCCCCCCCCCCC(=O)NC(C)C(=O)NC(C)C(=O)N1CCCC1C(=O)NC(Cc1ccccc1)C(=O)O. The highest BCUT2D eigenvalue weighted by molar-refractivity contribution is 5.95. The summed E-state index contributed by atoms with van der Waals surface area (Å²) in [7, 11) is 0. The molecule has 4 N–H and O–H groups in total. The van der Waals surface area contributed by atoms with Crippen molar-refractivity contribution in [2.75, 3.05) is 6.54 Å². The molecule has 0 bridgehead atoms. The molecule has 2 rings (SSSR count). The van der Waals surface area contributed by atoms with E-state index in [-0.39, 0.29) is 12.3 Å². The van der Waals surface area contributed by atoms with Crippen molar-refractivity contribution in [2.24, 2.45) is 0 Å². The molecule has 0 radical (unpaired) electrons. The molecule has 0 aliphatic carbocycles. The van der Waals surface area contributed by atoms with Gasteiger partial charge in [-0.2, -0.15) is 0 Å². The number of carbonyl (C=O) groups excluding carboxylic acids is 4. The summed E-state index contributed by atoms with van der Waals surface area (Å²) < 4.78 is 0. The van der Waals surface area contributed by atoms with E-state index in [2.05, 4.69) is 22.9 Å². The predicted octanol–water partition coefficient (Wildman–Crippen LogP) is 5.28. The van der Waals surface area contributed by atoms with Gasteiger partial charge in [-0.25, -0.2) is 4.79 Å². The monoisotopic (exact) mass is 642 g/mol. The highest BCUT2D eigenvalue weighted by atomic mass is 16.4. The summed E-state index contributed by atoms with van der Waals surface area (Å²) in [5, 5.41) is 17.6. The summed E-state index contributed by atoms with van der Waals surface area (Å²) in [5.74, 6) is -2.77. The summed E-state index contributed by atoms with van der Waals surface area (Å²) in [6, 6.07) is 5.34. The topological polar surface area (TPSA) is 145 Å². The van der Waals surface area contributed by atoms with Crippen LogP contribution < -0.4 is 16.0 Å². The van der Waals surface area contributed by atoms with E-state index in [1.54, 1.807) is 38.1 Å². The standard InChI is InChI=1S/C36H58N4O6/c1-4-5-6-7-8-9-10-11-12-13-14-15-19-24-32(41)37-27(2)33(42)38-28(3)35(44)40-25-20-23-31(40)34(43)39-30(36(45)46)26-29-21-17-16-18-22-29/h16-18,21-22,27-28,30-31H,4-15,19-20,23-26H2,1-3H3,(H,37,41)(H,38,42)(H,39,43)(H,45,46). The number of rotatable bonds is 23. The maximum atomic E-state index is 13.2. The van der Waals surface area contributed by atoms with E-state index in [0.717, 1.165) is 24.8 Å². The van der Waals surface area contributed by atoms with Gasteiger partial charge in [-0.1, -0.05) is 114 Å². The van der Waals surface area contributed by atoms with Crippen LogP contribution in [0.3, 0.4) is 0 Å². The summed E-state index contributed by atoms with van der Waals surface area (Å²) in [4.78, 5) is 64.7. The molecule has 46 heavy (non-hydrogen) atoms. The van der Waals surface area contributed by atoms with Crippen LogP contribution in [-0.2, 0) is 30.4 Å². The number of nitrogens with one attached hydrogen (secondary N) is 3. The van der Waals surface area contributed by atoms with E-state index in [4.69, 9.17) is 0 Å². The molecule has 4 unspecified atom stereocenters. The highest BCUT2D eigenvalue weighted by Crippen LogP contribution is 2.19. The number of carboxylic acids is 1. The molecular weight excluding hydrogens is 584 g/mol. The number of hydrogen-bond donors (Lipinski definition) is 4. The van der Waals surface area contributed by atoms with Crippen molar-refractivity contribution in [3.05, 3.63) is 35.9 Å². The lowest BCUT2D eigenvalue weighted by Crippen LogP contribution is -2.56. The van der Waals surface area contributed by atoms with Gasteiger partial charge in [0.25, 0.3) is 0 Å². The minimum Gasteiger partial charge on any atom is -0.480 e. The minimum atomic E-state index is -1.15. The Bertz CT molecular complexity index is 1080. The fraction of sp³-hybridized carbons (Fsp3) is 0.694. The van der Waals surface area contributed by atoms with Crippen molar-refractivity contribution in [2.45, 2.75) is 154 Å². The van der Waals surface area contributed by atoms with Crippen molar-refractivity contribution in [1.29, 1.82) is 0 Å². The van der Waals surface area contributed by atoms with Crippen LogP contribution in [0.4, 0.5) is 0 Å². The van der Waals surface area contributed by atoms with Gasteiger partial charge in [-0.05, 0) is 38.7 Å². The second kappa shape index (κ2) is 22.2. The van der Waals surface area contributed by atoms with Crippen molar-refractivity contribution in [1.82, 2.24) is 20.9 Å². The smallest absolute Gasteiger partial charge is 0.326 e. The molecule has 0 spiro atoms. The number of unbranched alkanes of at least 4 members (excludes halogenated alkanes) is 12. The molecule has 10 nitrogen and oxygen atoms in total. The Morgan fingerprint density at radius 3 is 1.91 bits per heavy atom. The third kappa shape index (κ3) is 14.8. The summed E-state index contributed by atoms with van der Waals surface area (Å²) in [6.07, 6.45) is 17.4. The molecule has 1 aliphatic heterocycles. The minimum absolute atomic E-state index is 0.123. The summed E-state index contributed by atoms with van der Waals surface area (Å²) >= 11 is 0. The van der Waals surface area contributed by atoms with E-state index in [9.17, 15) is 29.1 Å². The van der Waals surface area contributed by atoms with E-state index < -0.39 is 47.9 Å². The van der Waals surface area contributed by atoms with Gasteiger partial charge in [0.1, 0.15) is 24.2 Å². The van der Waals surface area contributed by atoms with Gasteiger partial charge in [-0.15, -0.1) is 0 Å². The van der Waals surface area contributed by atoms with Gasteiger partial charge in [0.2, 0.25) is 23.6 Å². The fourth-order valence-corrected chi connectivity index (χ4v) is 5.95. The molecule has 1 saturated heterocycles. The third-order valence-electron chi connectivity index (χ3n) is 8.74. The van der Waals surface area contributed by atoms with E-state index in [1.165, 1.54) is 69.1 Å². The van der Waals surface area contributed by atoms with Crippen LogP contribution >= 0.6 is 0 Å². The molecule has 10 heteroatoms. The molecule has 1 aromatic carbocycles. The Hall–Kier alpha value is -3.43. The molecule has 258 valence electrons. The van der Waals surface area contributed by atoms with Crippen molar-refractivity contribution >= 4 is 29.6 Å². The Labute approximate surface area is 275 Å². The maximum absolute atomic E-state index is 13.2. The Morgan fingerprint density at radius 2 is 1.35 bits per heavy atom. The normalized spacial score (nSPS) is 16.3. The molecule has 1 heterocycles. The van der Waals surface area contributed by atoms with Gasteiger partial charge in [-0.3, -0.25) is 19.2 Å². The van der Waals surface area contributed by atoms with Crippen LogP contribution in [0.2, 0.25) is 0 Å². The zero-order chi connectivity index (χ0) is 33.7. The van der Waals surface area contributed by atoms with Gasteiger partial charge >= 0.3 is 5.97 Å². The van der Waals surface area contributed by atoms with Crippen LogP contribution in [0, 0.1) is 0 Å². The number of hydrogen-bond acceptors (Lipinski definition) is 5. The zero-order valence-corrected chi connectivity index (χ0v) is 28.4. The average Bonchev–Trinajstić information content (AvgIpc) is 3.53. The Morgan fingerprint density at radius 1 is 0.783 bits per heavy atom. The Kier molecular flexibility index (Phi) is 18.7. The highest BCUT2D eigenvalue weighted by Gasteiger charge is 2.38. The quantitative estimate of drug-likeness (QED) is 0.120. The molecular formula is C36H58N4O6. The second-order valence-electron chi connectivity index (χ2n) is 12.8. The first-order valence-corrected chi connectivity index (χ1v) is 17.6. The number of aliphatic carboxylic acids is 1. The predicted molar refractivity (Wildman–Crippen MR) is 180 cm³/mol. The zero-order valence-electron chi connectivity index (χ0n) is 28.4. The Balaban J connectivity index is 1.66. The van der Waals surface area contributed by atoms with Crippen LogP contribution in [0.25, 0.3) is 0 Å². The number of benzene rings is 1. The number of likely N-dealkylation sites (tertiary alicyclic amines) is 1. The molecule has 0 saturated carbocycles. The van der Waals surface area contributed by atoms with Crippen LogP contribution in [0.15, 0.2) is 30.3 Å². The van der Waals surface area contributed by atoms with Crippen molar-refractivity contribution in [3.63, 3.8) is 0 Å². The van der Waals surface area contributed by atoms with Crippen molar-refractivity contribution < 1.29 is 29.1 Å². The summed E-state index contributed by atoms with van der Waals surface area (Å²) in [6.45, 7) is 5.70. The van der Waals surface area contributed by atoms with Gasteiger partial charge in [0.05, 0.1) is 0 Å². The molecule has 1 aromatic rings. The largest absolute Gasteiger partial charge is 0.480 e. The molecule has 4 amide bonds. The van der Waals surface area contributed by atoms with Gasteiger partial charge in [0.15, 0.2) is 0 Å². The number of carboxylic acid groups (broad SMARTS) is 1. The summed E-state index contributed by atoms with van der Waals surface area (Å²) in [5.41, 5.74) is 0.774. The fourth-order valence-electron chi connectivity index (χ4n) is 5.95. The number of carbonyl (C=O) groups is 5. The maximum Gasteiger partial charge on any atom is 0.326 e. The first-order chi connectivity index (χ1) is 22.1. The van der Waals surface area contributed by atoms with Crippen LogP contribution in [0.5, 0.6) is 0 Å². The lowest BCUT2D eigenvalue weighted by Gasteiger charge is -2.28. The van der Waals surface area contributed by atoms with Gasteiger partial charge in [0, 0.05) is 19.4 Å². The lowest BCUT2D eigenvalue weighted by atomic mass is 10.0. The van der Waals surface area contributed by atoms with Crippen LogP contribution in [0.1, 0.15) is 129 Å². The molecule has 4 atom stereocenters. The van der Waals surface area contributed by atoms with Crippen molar-refractivity contribution in [3.8, 4) is 0 Å².